The third-order valence-corrected chi connectivity index (χ3v) is 3.51. The Kier molecular flexibility index (Phi) is 5.50. The maximum Gasteiger partial charge on any atom is 0.151 e. The van der Waals surface area contributed by atoms with Crippen molar-refractivity contribution in [1.29, 1.82) is 0 Å². The maximum absolute atomic E-state index is 11.1. The Bertz CT molecular complexity index is 199. The Morgan fingerprint density at radius 3 is 2.17 bits per heavy atom. The molecule has 0 spiro atoms. The van der Waals surface area contributed by atoms with Crippen molar-refractivity contribution in [3.05, 3.63) is 0 Å². The van der Waals surface area contributed by atoms with E-state index in [2.05, 4.69) is 6.92 Å². The highest BCUT2D eigenvalue weighted by Gasteiger charge is 2.08. The molecule has 0 rings (SSSR count). The van der Waals surface area contributed by atoms with Crippen molar-refractivity contribution in [3.63, 3.8) is 0 Å². The molecule has 4 heteroatoms. The van der Waals surface area contributed by atoms with Crippen LogP contribution in [0.3, 0.4) is 0 Å². The van der Waals surface area contributed by atoms with E-state index in [1.54, 1.807) is 6.92 Å². The Hall–Kier alpha value is -0.0900. The summed E-state index contributed by atoms with van der Waals surface area (Å²) < 4.78 is 22.2. The lowest BCUT2D eigenvalue weighted by Crippen LogP contribution is -2.26. The molecule has 0 aromatic rings. The molecule has 0 aliphatic heterocycles. The molecule has 0 heterocycles. The van der Waals surface area contributed by atoms with Crippen LogP contribution >= 0.6 is 0 Å². The molecular weight excluding hydrogens is 174 g/mol. The average molecular weight is 193 g/mol. The first-order valence-corrected chi connectivity index (χ1v) is 6.23. The van der Waals surface area contributed by atoms with Gasteiger partial charge in [0, 0.05) is 12.3 Å². The number of hydrogen-bond acceptors (Lipinski definition) is 3. The molecule has 0 atom stereocenters. The molecular formula is C8H19NO2S. The highest BCUT2D eigenvalue weighted by atomic mass is 32.2. The molecule has 0 aliphatic rings. The second-order valence-electron chi connectivity index (χ2n) is 3.04. The van der Waals surface area contributed by atoms with Crippen LogP contribution in [0, 0.1) is 0 Å². The molecule has 0 aromatic heterocycles. The van der Waals surface area contributed by atoms with Crippen LogP contribution in [-0.2, 0) is 9.84 Å². The molecule has 0 aromatic carbocycles. The predicted molar refractivity (Wildman–Crippen MR) is 52.1 cm³/mol. The van der Waals surface area contributed by atoms with Crippen LogP contribution in [0.2, 0.25) is 0 Å². The lowest BCUT2D eigenvalue weighted by atomic mass is 10.4. The molecule has 0 amide bonds. The van der Waals surface area contributed by atoms with Crippen LogP contribution < -0.4 is 0 Å². The van der Waals surface area contributed by atoms with Gasteiger partial charge in [-0.2, -0.15) is 0 Å². The fraction of sp³-hybridized carbons (Fsp3) is 1.00. The van der Waals surface area contributed by atoms with Crippen LogP contribution in [0.25, 0.3) is 0 Å². The van der Waals surface area contributed by atoms with E-state index in [0.717, 1.165) is 13.0 Å². The van der Waals surface area contributed by atoms with Gasteiger partial charge in [0.25, 0.3) is 0 Å². The summed E-state index contributed by atoms with van der Waals surface area (Å²) in [4.78, 5) is 2.05. The van der Waals surface area contributed by atoms with Gasteiger partial charge in [-0.05, 0) is 20.0 Å². The van der Waals surface area contributed by atoms with Crippen molar-refractivity contribution in [2.45, 2.75) is 20.3 Å². The van der Waals surface area contributed by atoms with Gasteiger partial charge >= 0.3 is 0 Å². The summed E-state index contributed by atoms with van der Waals surface area (Å²) in [5.41, 5.74) is 0. The SMILES string of the molecule is CCCN(C)CCS(=O)(=O)CC. The molecule has 0 radical (unpaired) electrons. The van der Waals surface area contributed by atoms with Gasteiger partial charge in [-0.15, -0.1) is 0 Å². The van der Waals surface area contributed by atoms with E-state index in [4.69, 9.17) is 0 Å². The molecule has 0 saturated carbocycles. The van der Waals surface area contributed by atoms with E-state index in [1.165, 1.54) is 0 Å². The molecule has 0 aliphatic carbocycles. The summed E-state index contributed by atoms with van der Waals surface area (Å²) in [6.07, 6.45) is 1.07. The molecule has 0 N–H and O–H groups in total. The summed E-state index contributed by atoms with van der Waals surface area (Å²) in [5, 5.41) is 0. The summed E-state index contributed by atoms with van der Waals surface area (Å²) >= 11 is 0. The third kappa shape index (κ3) is 5.55. The van der Waals surface area contributed by atoms with Crippen molar-refractivity contribution in [2.24, 2.45) is 0 Å². The van der Waals surface area contributed by atoms with E-state index in [1.807, 2.05) is 11.9 Å². The van der Waals surface area contributed by atoms with Crippen LogP contribution in [0.15, 0.2) is 0 Å². The lowest BCUT2D eigenvalue weighted by Gasteiger charge is -2.14. The van der Waals surface area contributed by atoms with Crippen molar-refractivity contribution in [3.8, 4) is 0 Å². The van der Waals surface area contributed by atoms with E-state index < -0.39 is 9.84 Å². The molecule has 12 heavy (non-hydrogen) atoms. The Balaban J connectivity index is 3.68. The fourth-order valence-corrected chi connectivity index (χ4v) is 1.81. The van der Waals surface area contributed by atoms with Gasteiger partial charge in [0.05, 0.1) is 5.75 Å². The normalized spacial score (nSPS) is 12.3. The van der Waals surface area contributed by atoms with E-state index in [9.17, 15) is 8.42 Å². The van der Waals surface area contributed by atoms with Gasteiger partial charge in [-0.1, -0.05) is 13.8 Å². The van der Waals surface area contributed by atoms with Crippen LogP contribution in [0.1, 0.15) is 20.3 Å². The van der Waals surface area contributed by atoms with Gasteiger partial charge in [0.2, 0.25) is 0 Å². The zero-order valence-corrected chi connectivity index (χ0v) is 9.02. The molecule has 0 unspecified atom stereocenters. The van der Waals surface area contributed by atoms with Gasteiger partial charge in [-0.25, -0.2) is 8.42 Å². The minimum absolute atomic E-state index is 0.257. The second-order valence-corrected chi connectivity index (χ2v) is 5.51. The first-order valence-electron chi connectivity index (χ1n) is 4.40. The molecule has 74 valence electrons. The van der Waals surface area contributed by atoms with Crippen LogP contribution in [0.5, 0.6) is 0 Å². The Labute approximate surface area is 75.7 Å². The maximum atomic E-state index is 11.1. The molecule has 0 saturated heterocycles. The third-order valence-electron chi connectivity index (χ3n) is 1.83. The minimum Gasteiger partial charge on any atom is -0.305 e. The largest absolute Gasteiger partial charge is 0.305 e. The van der Waals surface area contributed by atoms with Crippen molar-refractivity contribution in [1.82, 2.24) is 4.90 Å². The smallest absolute Gasteiger partial charge is 0.151 e. The first kappa shape index (κ1) is 11.9. The van der Waals surface area contributed by atoms with Gasteiger partial charge in [-0.3, -0.25) is 0 Å². The van der Waals surface area contributed by atoms with E-state index in [0.29, 0.717) is 12.3 Å². The highest BCUT2D eigenvalue weighted by Crippen LogP contribution is 1.92. The predicted octanol–water partition coefficient (Wildman–Crippen LogP) is 0.763. The van der Waals surface area contributed by atoms with Crippen LogP contribution in [-0.4, -0.2) is 45.0 Å². The Morgan fingerprint density at radius 1 is 1.17 bits per heavy atom. The Morgan fingerprint density at radius 2 is 1.75 bits per heavy atom. The van der Waals surface area contributed by atoms with Crippen LogP contribution in [0.4, 0.5) is 0 Å². The highest BCUT2D eigenvalue weighted by molar-refractivity contribution is 7.91. The second kappa shape index (κ2) is 5.54. The summed E-state index contributed by atoms with van der Waals surface area (Å²) in [7, 11) is -0.821. The monoisotopic (exact) mass is 193 g/mol. The van der Waals surface area contributed by atoms with Crippen molar-refractivity contribution < 1.29 is 8.42 Å². The molecule has 0 fully saturated rings. The quantitative estimate of drug-likeness (QED) is 0.625. The fourth-order valence-electron chi connectivity index (χ4n) is 0.933. The standard InChI is InChI=1S/C8H19NO2S/c1-4-6-9(3)7-8-12(10,11)5-2/h4-8H2,1-3H3. The molecule has 3 nitrogen and oxygen atoms in total. The van der Waals surface area contributed by atoms with E-state index in [-0.39, 0.29) is 5.75 Å². The number of rotatable bonds is 6. The number of hydrogen-bond donors (Lipinski definition) is 0. The zero-order chi connectivity index (χ0) is 9.61. The average Bonchev–Trinajstić information content (AvgIpc) is 2.02. The summed E-state index contributed by atoms with van der Waals surface area (Å²) in [5.74, 6) is 0.549. The number of sulfone groups is 1. The van der Waals surface area contributed by atoms with Gasteiger partial charge in [0.1, 0.15) is 0 Å². The minimum atomic E-state index is -2.77. The number of nitrogens with zero attached hydrogens (tertiary/aromatic N) is 1. The summed E-state index contributed by atoms with van der Waals surface area (Å²) in [6.45, 7) is 5.41. The first-order chi connectivity index (χ1) is 5.52. The summed E-state index contributed by atoms with van der Waals surface area (Å²) in [6, 6.07) is 0. The van der Waals surface area contributed by atoms with Crippen molar-refractivity contribution in [2.75, 3.05) is 31.6 Å². The lowest BCUT2D eigenvalue weighted by molar-refractivity contribution is 0.354. The molecule has 0 bridgehead atoms. The van der Waals surface area contributed by atoms with Crippen molar-refractivity contribution >= 4 is 9.84 Å². The zero-order valence-electron chi connectivity index (χ0n) is 8.21. The van der Waals surface area contributed by atoms with Gasteiger partial charge < -0.3 is 4.90 Å². The van der Waals surface area contributed by atoms with Gasteiger partial charge in [0.15, 0.2) is 9.84 Å². The topological polar surface area (TPSA) is 37.4 Å². The van der Waals surface area contributed by atoms with E-state index >= 15 is 0 Å².